The van der Waals surface area contributed by atoms with Gasteiger partial charge in [0.2, 0.25) is 5.91 Å². The number of rotatable bonds is 4. The van der Waals surface area contributed by atoms with Crippen molar-refractivity contribution >= 4 is 5.91 Å². The summed E-state index contributed by atoms with van der Waals surface area (Å²) in [6, 6.07) is 3.97. The third-order valence-corrected chi connectivity index (χ3v) is 4.80. The fourth-order valence-corrected chi connectivity index (χ4v) is 3.53. The molecule has 1 aromatic rings. The Morgan fingerprint density at radius 1 is 1.43 bits per heavy atom. The van der Waals surface area contributed by atoms with Crippen LogP contribution in [0, 0.1) is 5.92 Å². The summed E-state index contributed by atoms with van der Waals surface area (Å²) in [7, 11) is 2.17. The van der Waals surface area contributed by atoms with Gasteiger partial charge in [0.05, 0.1) is 18.8 Å². The molecule has 0 saturated carbocycles. The zero-order chi connectivity index (χ0) is 14.9. The largest absolute Gasteiger partial charge is 0.376 e. The zero-order valence-electron chi connectivity index (χ0n) is 12.8. The lowest BCUT2D eigenvalue weighted by atomic mass is 9.84. The van der Waals surface area contributed by atoms with Crippen LogP contribution in [0.25, 0.3) is 0 Å². The molecule has 1 atom stereocenters. The predicted molar refractivity (Wildman–Crippen MR) is 79.6 cm³/mol. The van der Waals surface area contributed by atoms with Gasteiger partial charge >= 0.3 is 0 Å². The Hall–Kier alpha value is -1.46. The first kappa shape index (κ1) is 14.5. The Morgan fingerprint density at radius 3 is 2.81 bits per heavy atom. The van der Waals surface area contributed by atoms with E-state index in [4.69, 9.17) is 4.74 Å². The van der Waals surface area contributed by atoms with E-state index in [1.165, 1.54) is 0 Å². The maximum atomic E-state index is 11.4. The molecule has 0 aliphatic carbocycles. The Bertz CT molecular complexity index is 500. The normalized spacial score (nSPS) is 24.3. The van der Waals surface area contributed by atoms with Crippen LogP contribution in [0.2, 0.25) is 0 Å². The first-order valence-electron chi connectivity index (χ1n) is 7.52. The molecule has 3 heterocycles. The number of likely N-dealkylation sites (tertiary alicyclic amines) is 2. The van der Waals surface area contributed by atoms with E-state index >= 15 is 0 Å². The maximum Gasteiger partial charge on any atom is 0.219 e. The molecule has 2 aliphatic rings. The van der Waals surface area contributed by atoms with Gasteiger partial charge in [-0.25, -0.2) is 0 Å². The van der Waals surface area contributed by atoms with Crippen molar-refractivity contribution in [1.29, 1.82) is 0 Å². The fourth-order valence-electron chi connectivity index (χ4n) is 3.53. The van der Waals surface area contributed by atoms with Crippen molar-refractivity contribution in [3.63, 3.8) is 0 Å². The number of carbonyl (C=O) groups is 1. The molecule has 0 radical (unpaired) electrons. The molecule has 5 heteroatoms. The van der Waals surface area contributed by atoms with E-state index in [1.54, 1.807) is 19.3 Å². The molecular formula is C16H23N3O2. The summed E-state index contributed by atoms with van der Waals surface area (Å²) in [4.78, 5) is 19.7. The molecule has 2 aliphatic heterocycles. The van der Waals surface area contributed by atoms with Crippen LogP contribution < -0.4 is 0 Å². The Balaban J connectivity index is 1.45. The molecule has 0 aromatic carbocycles. The third kappa shape index (κ3) is 2.94. The first-order valence-corrected chi connectivity index (χ1v) is 7.52. The summed E-state index contributed by atoms with van der Waals surface area (Å²) in [6.07, 6.45) is 4.72. The van der Waals surface area contributed by atoms with Crippen molar-refractivity contribution in [3.05, 3.63) is 30.1 Å². The SMILES string of the molecule is CC(=O)N1CC2(C[C@@H](COCc3ccncc3)CN2C)C1. The summed E-state index contributed by atoms with van der Waals surface area (Å²) in [6.45, 7) is 5.89. The molecule has 2 saturated heterocycles. The van der Waals surface area contributed by atoms with Crippen molar-refractivity contribution in [1.82, 2.24) is 14.8 Å². The van der Waals surface area contributed by atoms with Crippen LogP contribution in [0.4, 0.5) is 0 Å². The highest BCUT2D eigenvalue weighted by atomic mass is 16.5. The Kier molecular flexibility index (Phi) is 3.95. The monoisotopic (exact) mass is 289 g/mol. The molecular weight excluding hydrogens is 266 g/mol. The molecule has 1 spiro atoms. The van der Waals surface area contributed by atoms with Gasteiger partial charge in [0.1, 0.15) is 0 Å². The molecule has 1 aromatic heterocycles. The maximum absolute atomic E-state index is 11.4. The molecule has 2 fully saturated rings. The quantitative estimate of drug-likeness (QED) is 0.834. The molecule has 3 rings (SSSR count). The molecule has 5 nitrogen and oxygen atoms in total. The van der Waals surface area contributed by atoms with Gasteiger partial charge in [-0.3, -0.25) is 14.7 Å². The van der Waals surface area contributed by atoms with E-state index in [0.717, 1.165) is 38.2 Å². The van der Waals surface area contributed by atoms with E-state index in [2.05, 4.69) is 16.9 Å². The highest BCUT2D eigenvalue weighted by Crippen LogP contribution is 2.39. The number of amides is 1. The number of hydrogen-bond donors (Lipinski definition) is 0. The van der Waals surface area contributed by atoms with Gasteiger partial charge in [-0.15, -0.1) is 0 Å². The van der Waals surface area contributed by atoms with E-state index in [1.807, 2.05) is 17.0 Å². The van der Waals surface area contributed by atoms with Crippen LogP contribution in [-0.4, -0.2) is 59.5 Å². The average Bonchev–Trinajstić information content (AvgIpc) is 2.75. The van der Waals surface area contributed by atoms with Crippen LogP contribution in [0.15, 0.2) is 24.5 Å². The second-order valence-electron chi connectivity index (χ2n) is 6.42. The second kappa shape index (κ2) is 5.73. The molecule has 0 bridgehead atoms. The lowest BCUT2D eigenvalue weighted by Crippen LogP contribution is -2.67. The summed E-state index contributed by atoms with van der Waals surface area (Å²) >= 11 is 0. The van der Waals surface area contributed by atoms with Crippen molar-refractivity contribution in [2.75, 3.05) is 33.3 Å². The zero-order valence-corrected chi connectivity index (χ0v) is 12.8. The first-order chi connectivity index (χ1) is 10.1. The molecule has 0 N–H and O–H groups in total. The van der Waals surface area contributed by atoms with Crippen molar-refractivity contribution in [2.24, 2.45) is 5.92 Å². The van der Waals surface area contributed by atoms with Crippen molar-refractivity contribution < 1.29 is 9.53 Å². The topological polar surface area (TPSA) is 45.7 Å². The van der Waals surface area contributed by atoms with Crippen LogP contribution in [-0.2, 0) is 16.1 Å². The van der Waals surface area contributed by atoms with Crippen molar-refractivity contribution in [2.45, 2.75) is 25.5 Å². The smallest absolute Gasteiger partial charge is 0.219 e. The van der Waals surface area contributed by atoms with Gasteiger partial charge in [-0.2, -0.15) is 0 Å². The predicted octanol–water partition coefficient (Wildman–Crippen LogP) is 1.15. The Labute approximate surface area is 125 Å². The molecule has 21 heavy (non-hydrogen) atoms. The summed E-state index contributed by atoms with van der Waals surface area (Å²) in [5, 5.41) is 0. The third-order valence-electron chi connectivity index (χ3n) is 4.80. The van der Waals surface area contributed by atoms with E-state index < -0.39 is 0 Å². The number of pyridine rings is 1. The Morgan fingerprint density at radius 2 is 2.14 bits per heavy atom. The second-order valence-corrected chi connectivity index (χ2v) is 6.42. The lowest BCUT2D eigenvalue weighted by molar-refractivity contribution is -0.141. The van der Waals surface area contributed by atoms with Gasteiger partial charge in [0.25, 0.3) is 0 Å². The van der Waals surface area contributed by atoms with Crippen LogP contribution >= 0.6 is 0 Å². The minimum Gasteiger partial charge on any atom is -0.376 e. The molecule has 114 valence electrons. The van der Waals surface area contributed by atoms with Crippen LogP contribution in [0.5, 0.6) is 0 Å². The fraction of sp³-hybridized carbons (Fsp3) is 0.625. The highest BCUT2D eigenvalue weighted by molar-refractivity contribution is 5.74. The number of carbonyl (C=O) groups excluding carboxylic acids is 1. The standard InChI is InChI=1S/C16H23N3O2/c1-13(20)19-11-16(12-19)7-15(8-18(16)2)10-21-9-14-3-5-17-6-4-14/h3-6,15H,7-12H2,1-2H3/t15-/m1/s1. The minimum absolute atomic E-state index is 0.186. The van der Waals surface area contributed by atoms with Gasteiger partial charge in [-0.05, 0) is 37.1 Å². The summed E-state index contributed by atoms with van der Waals surface area (Å²) < 4.78 is 5.85. The van der Waals surface area contributed by atoms with Gasteiger partial charge in [0, 0.05) is 39.0 Å². The van der Waals surface area contributed by atoms with Gasteiger partial charge in [0.15, 0.2) is 0 Å². The number of nitrogens with zero attached hydrogens (tertiary/aromatic N) is 3. The van der Waals surface area contributed by atoms with Gasteiger partial charge in [-0.1, -0.05) is 0 Å². The van der Waals surface area contributed by atoms with Crippen LogP contribution in [0.1, 0.15) is 18.9 Å². The molecule has 1 amide bonds. The van der Waals surface area contributed by atoms with E-state index in [9.17, 15) is 4.79 Å². The number of ether oxygens (including phenoxy) is 1. The van der Waals surface area contributed by atoms with E-state index in [0.29, 0.717) is 12.5 Å². The van der Waals surface area contributed by atoms with E-state index in [-0.39, 0.29) is 11.4 Å². The lowest BCUT2D eigenvalue weighted by Gasteiger charge is -2.51. The average molecular weight is 289 g/mol. The number of aromatic nitrogens is 1. The minimum atomic E-state index is 0.186. The van der Waals surface area contributed by atoms with Crippen molar-refractivity contribution in [3.8, 4) is 0 Å². The van der Waals surface area contributed by atoms with Gasteiger partial charge < -0.3 is 9.64 Å². The summed E-state index contributed by atoms with van der Waals surface area (Å²) in [5.41, 5.74) is 1.37. The summed E-state index contributed by atoms with van der Waals surface area (Å²) in [5.74, 6) is 0.748. The highest BCUT2D eigenvalue weighted by Gasteiger charge is 2.52. The number of likely N-dealkylation sites (N-methyl/N-ethyl adjacent to an activating group) is 1. The molecule has 0 unspecified atom stereocenters. The van der Waals surface area contributed by atoms with Crippen LogP contribution in [0.3, 0.4) is 0 Å². The number of hydrogen-bond acceptors (Lipinski definition) is 4.